The van der Waals surface area contributed by atoms with Crippen LogP contribution in [-0.4, -0.2) is 21.0 Å². The summed E-state index contributed by atoms with van der Waals surface area (Å²) in [6.45, 7) is 0. The number of anilines is 2. The van der Waals surface area contributed by atoms with Gasteiger partial charge in [-0.25, -0.2) is 4.98 Å². The molecule has 1 aromatic carbocycles. The number of rotatable bonds is 3. The Bertz CT molecular complexity index is 850. The fourth-order valence-electron chi connectivity index (χ4n) is 2.16. The molecule has 2 aromatic heterocycles. The van der Waals surface area contributed by atoms with Crippen molar-refractivity contribution in [2.24, 2.45) is 0 Å². The lowest BCUT2D eigenvalue weighted by Crippen LogP contribution is -2.15. The van der Waals surface area contributed by atoms with Crippen LogP contribution < -0.4 is 11.1 Å². The van der Waals surface area contributed by atoms with E-state index in [1.165, 1.54) is 6.20 Å². The second-order valence-electron chi connectivity index (χ2n) is 4.86. The molecule has 23 heavy (non-hydrogen) atoms. The number of para-hydroxylation sites is 1. The number of nitrogens with zero attached hydrogens (tertiary/aromatic N) is 2. The summed E-state index contributed by atoms with van der Waals surface area (Å²) >= 11 is 0. The molecule has 0 aliphatic carbocycles. The average molecular weight is 306 g/mol. The predicted octanol–water partition coefficient (Wildman–Crippen LogP) is 2.68. The van der Waals surface area contributed by atoms with E-state index in [2.05, 4.69) is 15.3 Å². The molecule has 1 amide bonds. The molecule has 6 heteroatoms. The molecule has 0 fully saturated rings. The average Bonchev–Trinajstić information content (AvgIpc) is 2.57. The normalized spacial score (nSPS) is 10.3. The Morgan fingerprint density at radius 2 is 1.87 bits per heavy atom. The summed E-state index contributed by atoms with van der Waals surface area (Å²) in [5, 5.41) is 12.7. The lowest BCUT2D eigenvalue weighted by molar-refractivity contribution is 0.102. The SMILES string of the molecule is Nc1ncc(-c2ccccc2O)cc1C(=O)Nc1ccncc1. The van der Waals surface area contributed by atoms with Crippen LogP contribution >= 0.6 is 0 Å². The first-order valence-electron chi connectivity index (χ1n) is 6.90. The minimum absolute atomic E-state index is 0.111. The predicted molar refractivity (Wildman–Crippen MR) is 87.9 cm³/mol. The van der Waals surface area contributed by atoms with Gasteiger partial charge in [0.25, 0.3) is 5.91 Å². The monoisotopic (exact) mass is 306 g/mol. The molecular formula is C17H14N4O2. The highest BCUT2D eigenvalue weighted by Crippen LogP contribution is 2.29. The van der Waals surface area contributed by atoms with Crippen LogP contribution in [0.15, 0.2) is 61.1 Å². The highest BCUT2D eigenvalue weighted by Gasteiger charge is 2.14. The zero-order chi connectivity index (χ0) is 16.2. The first kappa shape index (κ1) is 14.5. The van der Waals surface area contributed by atoms with Crippen molar-refractivity contribution in [2.45, 2.75) is 0 Å². The number of hydrogen-bond donors (Lipinski definition) is 3. The fraction of sp³-hybridized carbons (Fsp3) is 0. The quantitative estimate of drug-likeness (QED) is 0.690. The maximum atomic E-state index is 12.4. The van der Waals surface area contributed by atoms with Crippen LogP contribution in [0.1, 0.15) is 10.4 Å². The first-order chi connectivity index (χ1) is 11.1. The number of nitrogens with two attached hydrogens (primary N) is 1. The van der Waals surface area contributed by atoms with Gasteiger partial charge in [0.1, 0.15) is 11.6 Å². The van der Waals surface area contributed by atoms with E-state index in [1.54, 1.807) is 54.9 Å². The molecular weight excluding hydrogens is 292 g/mol. The van der Waals surface area contributed by atoms with Gasteiger partial charge in [-0.1, -0.05) is 18.2 Å². The van der Waals surface area contributed by atoms with Gasteiger partial charge in [0.05, 0.1) is 5.56 Å². The third kappa shape index (κ3) is 3.11. The van der Waals surface area contributed by atoms with Gasteiger partial charge >= 0.3 is 0 Å². The van der Waals surface area contributed by atoms with Crippen LogP contribution in [0.4, 0.5) is 11.5 Å². The van der Waals surface area contributed by atoms with E-state index in [1.807, 2.05) is 0 Å². The van der Waals surface area contributed by atoms with Crippen LogP contribution in [0, 0.1) is 0 Å². The maximum absolute atomic E-state index is 12.4. The molecule has 3 rings (SSSR count). The number of pyridine rings is 2. The number of phenols is 1. The van der Waals surface area contributed by atoms with Crippen molar-refractivity contribution in [3.8, 4) is 16.9 Å². The molecule has 0 unspecified atom stereocenters. The Morgan fingerprint density at radius 1 is 1.13 bits per heavy atom. The zero-order valence-electron chi connectivity index (χ0n) is 12.1. The minimum atomic E-state index is -0.376. The fourth-order valence-corrected chi connectivity index (χ4v) is 2.16. The summed E-state index contributed by atoms with van der Waals surface area (Å²) < 4.78 is 0. The molecule has 0 bridgehead atoms. The zero-order valence-corrected chi connectivity index (χ0v) is 12.1. The lowest BCUT2D eigenvalue weighted by Gasteiger charge is -2.10. The third-order valence-electron chi connectivity index (χ3n) is 3.32. The summed E-state index contributed by atoms with van der Waals surface area (Å²) in [4.78, 5) is 20.3. The first-order valence-corrected chi connectivity index (χ1v) is 6.90. The Hall–Kier alpha value is -3.41. The van der Waals surface area contributed by atoms with E-state index < -0.39 is 0 Å². The number of nitrogens with one attached hydrogen (secondary N) is 1. The molecule has 114 valence electrons. The highest BCUT2D eigenvalue weighted by atomic mass is 16.3. The molecule has 2 heterocycles. The number of carbonyl (C=O) groups excluding carboxylic acids is 1. The van der Waals surface area contributed by atoms with Gasteiger partial charge < -0.3 is 16.2 Å². The van der Waals surface area contributed by atoms with E-state index in [0.717, 1.165) is 0 Å². The molecule has 3 aromatic rings. The summed E-state index contributed by atoms with van der Waals surface area (Å²) in [6.07, 6.45) is 4.68. The van der Waals surface area contributed by atoms with E-state index in [4.69, 9.17) is 5.73 Å². The number of benzene rings is 1. The van der Waals surface area contributed by atoms with Crippen LogP contribution in [0.2, 0.25) is 0 Å². The Balaban J connectivity index is 1.95. The van der Waals surface area contributed by atoms with Crippen LogP contribution in [0.3, 0.4) is 0 Å². The molecule has 6 nitrogen and oxygen atoms in total. The Labute approximate surface area is 132 Å². The molecule has 0 aliphatic rings. The molecule has 4 N–H and O–H groups in total. The van der Waals surface area contributed by atoms with Crippen molar-refractivity contribution in [3.05, 3.63) is 66.6 Å². The summed E-state index contributed by atoms with van der Waals surface area (Å²) in [7, 11) is 0. The number of amides is 1. The lowest BCUT2D eigenvalue weighted by atomic mass is 10.0. The highest BCUT2D eigenvalue weighted by molar-refractivity contribution is 6.07. The standard InChI is InChI=1S/C17H14N4O2/c18-16-14(17(23)21-12-5-7-19-8-6-12)9-11(10-20-16)13-3-1-2-4-15(13)22/h1-10,22H,(H2,18,20)(H,19,21,23). The van der Waals surface area contributed by atoms with Gasteiger partial charge in [-0.15, -0.1) is 0 Å². The van der Waals surface area contributed by atoms with Crippen molar-refractivity contribution in [1.29, 1.82) is 0 Å². The van der Waals surface area contributed by atoms with Gasteiger partial charge in [0.15, 0.2) is 0 Å². The summed E-state index contributed by atoms with van der Waals surface area (Å²) in [5.41, 5.74) is 7.85. The van der Waals surface area contributed by atoms with Gasteiger partial charge in [-0.3, -0.25) is 9.78 Å². The van der Waals surface area contributed by atoms with Gasteiger partial charge in [-0.05, 0) is 24.3 Å². The number of aromatic nitrogens is 2. The van der Waals surface area contributed by atoms with E-state index in [9.17, 15) is 9.90 Å². The largest absolute Gasteiger partial charge is 0.507 e. The third-order valence-corrected chi connectivity index (χ3v) is 3.32. The minimum Gasteiger partial charge on any atom is -0.507 e. The van der Waals surface area contributed by atoms with Crippen molar-refractivity contribution < 1.29 is 9.90 Å². The van der Waals surface area contributed by atoms with Gasteiger partial charge in [0, 0.05) is 35.4 Å². The number of phenolic OH excluding ortho intramolecular Hbond substituents is 1. The van der Waals surface area contributed by atoms with Crippen molar-refractivity contribution in [2.75, 3.05) is 11.1 Å². The van der Waals surface area contributed by atoms with E-state index >= 15 is 0 Å². The van der Waals surface area contributed by atoms with Crippen LogP contribution in [-0.2, 0) is 0 Å². The number of nitrogen functional groups attached to an aromatic ring is 1. The van der Waals surface area contributed by atoms with Crippen LogP contribution in [0.25, 0.3) is 11.1 Å². The molecule has 0 spiro atoms. The summed E-state index contributed by atoms with van der Waals surface area (Å²) in [5.74, 6) is -0.145. The Kier molecular flexibility index (Phi) is 3.88. The Morgan fingerprint density at radius 3 is 2.61 bits per heavy atom. The molecule has 0 atom stereocenters. The van der Waals surface area contributed by atoms with Crippen molar-refractivity contribution >= 4 is 17.4 Å². The smallest absolute Gasteiger partial charge is 0.259 e. The second kappa shape index (κ2) is 6.15. The molecule has 0 saturated carbocycles. The van der Waals surface area contributed by atoms with E-state index in [0.29, 0.717) is 16.8 Å². The van der Waals surface area contributed by atoms with Gasteiger partial charge in [0.2, 0.25) is 0 Å². The molecule has 0 aliphatic heterocycles. The number of aromatic hydroxyl groups is 1. The van der Waals surface area contributed by atoms with Crippen molar-refractivity contribution in [1.82, 2.24) is 9.97 Å². The number of hydrogen-bond acceptors (Lipinski definition) is 5. The topological polar surface area (TPSA) is 101 Å². The van der Waals surface area contributed by atoms with Crippen molar-refractivity contribution in [3.63, 3.8) is 0 Å². The molecule has 0 saturated heterocycles. The van der Waals surface area contributed by atoms with E-state index in [-0.39, 0.29) is 23.0 Å². The summed E-state index contributed by atoms with van der Waals surface area (Å²) in [6, 6.07) is 11.8. The maximum Gasteiger partial charge on any atom is 0.259 e. The second-order valence-corrected chi connectivity index (χ2v) is 4.86. The number of carbonyl (C=O) groups is 1. The molecule has 0 radical (unpaired) electrons. The van der Waals surface area contributed by atoms with Crippen LogP contribution in [0.5, 0.6) is 5.75 Å². The van der Waals surface area contributed by atoms with Gasteiger partial charge in [-0.2, -0.15) is 0 Å².